The lowest BCUT2D eigenvalue weighted by atomic mass is 10.0. The molecule has 0 bridgehead atoms. The maximum absolute atomic E-state index is 12.0. The average Bonchev–Trinajstić information content (AvgIpc) is 3.03. The molecule has 2 atom stereocenters. The number of halogens is 1. The maximum atomic E-state index is 12.0. The number of aliphatic hydroxyl groups excluding tert-OH is 2. The van der Waals surface area contributed by atoms with Crippen molar-refractivity contribution in [2.45, 2.75) is 12.1 Å². The molecule has 1 heterocycles. The van der Waals surface area contributed by atoms with E-state index in [4.69, 9.17) is 21.8 Å². The minimum Gasteiger partial charge on any atom is -0.446 e. The third-order valence-corrected chi connectivity index (χ3v) is 3.43. The van der Waals surface area contributed by atoms with Crippen LogP contribution in [0.3, 0.4) is 0 Å². The number of rotatable bonds is 6. The van der Waals surface area contributed by atoms with Gasteiger partial charge in [-0.25, -0.2) is 0 Å². The van der Waals surface area contributed by atoms with Crippen molar-refractivity contribution >= 4 is 23.4 Å². The number of nitrogens with two attached hydrogens (primary N) is 1. The lowest BCUT2D eigenvalue weighted by Crippen LogP contribution is -2.41. The fourth-order valence-corrected chi connectivity index (χ4v) is 2.07. The second kappa shape index (κ2) is 7.28. The molecule has 0 radical (unpaired) electrons. The quantitative estimate of drug-likeness (QED) is 0.621. The molecule has 122 valence electrons. The molecule has 8 heteroatoms. The van der Waals surface area contributed by atoms with E-state index in [9.17, 15) is 19.8 Å². The summed E-state index contributed by atoms with van der Waals surface area (Å²) < 4.78 is 4.99. The van der Waals surface area contributed by atoms with Crippen LogP contribution in [0.4, 0.5) is 0 Å². The van der Waals surface area contributed by atoms with Crippen LogP contribution < -0.4 is 11.1 Å². The predicted octanol–water partition coefficient (Wildman–Crippen LogP) is 0.856. The number of furan rings is 1. The zero-order valence-electron chi connectivity index (χ0n) is 11.9. The Hall–Kier alpha value is -2.35. The first-order valence-corrected chi connectivity index (χ1v) is 7.05. The molecule has 2 unspecified atom stereocenters. The molecule has 7 nitrogen and oxygen atoms in total. The van der Waals surface area contributed by atoms with E-state index in [-0.39, 0.29) is 11.5 Å². The summed E-state index contributed by atoms with van der Waals surface area (Å²) in [6, 6.07) is 7.91. The number of aliphatic hydroxyl groups is 2. The Kier molecular flexibility index (Phi) is 5.38. The molecule has 1 aromatic heterocycles. The van der Waals surface area contributed by atoms with Crippen molar-refractivity contribution in [3.63, 3.8) is 0 Å². The summed E-state index contributed by atoms with van der Waals surface area (Å²) in [6.45, 7) is -0.501. The van der Waals surface area contributed by atoms with Crippen molar-refractivity contribution in [1.29, 1.82) is 0 Å². The topological polar surface area (TPSA) is 126 Å². The van der Waals surface area contributed by atoms with Crippen LogP contribution in [0, 0.1) is 0 Å². The molecule has 5 N–H and O–H groups in total. The van der Waals surface area contributed by atoms with Gasteiger partial charge in [-0.1, -0.05) is 23.7 Å². The van der Waals surface area contributed by atoms with Gasteiger partial charge in [0.2, 0.25) is 0 Å². The molecular formula is C15H15ClN2O5. The van der Waals surface area contributed by atoms with E-state index in [1.807, 2.05) is 0 Å². The van der Waals surface area contributed by atoms with Crippen LogP contribution in [0.5, 0.6) is 0 Å². The van der Waals surface area contributed by atoms with Crippen molar-refractivity contribution in [1.82, 2.24) is 5.32 Å². The number of benzene rings is 1. The molecule has 0 aliphatic heterocycles. The van der Waals surface area contributed by atoms with Crippen molar-refractivity contribution in [2.75, 3.05) is 6.61 Å². The second-order valence-corrected chi connectivity index (χ2v) is 5.22. The van der Waals surface area contributed by atoms with Gasteiger partial charge in [-0.2, -0.15) is 0 Å². The Morgan fingerprint density at radius 3 is 2.30 bits per heavy atom. The Balaban J connectivity index is 2.09. The maximum Gasteiger partial charge on any atom is 0.287 e. The van der Waals surface area contributed by atoms with Crippen molar-refractivity contribution < 1.29 is 24.2 Å². The molecule has 2 aromatic rings. The second-order valence-electron chi connectivity index (χ2n) is 4.79. The van der Waals surface area contributed by atoms with Crippen LogP contribution in [-0.2, 0) is 0 Å². The average molecular weight is 339 g/mol. The van der Waals surface area contributed by atoms with Crippen molar-refractivity contribution in [3.05, 3.63) is 58.5 Å². The van der Waals surface area contributed by atoms with Gasteiger partial charge in [-0.3, -0.25) is 9.59 Å². The van der Waals surface area contributed by atoms with Crippen LogP contribution in [0.1, 0.15) is 32.8 Å². The first kappa shape index (κ1) is 17.0. The minimum atomic E-state index is -1.15. The monoisotopic (exact) mass is 338 g/mol. The number of carbonyl (C=O) groups excluding carboxylic acids is 2. The third-order valence-electron chi connectivity index (χ3n) is 3.18. The van der Waals surface area contributed by atoms with E-state index < -0.39 is 30.6 Å². The summed E-state index contributed by atoms with van der Waals surface area (Å²) in [4.78, 5) is 23.0. The number of nitrogens with one attached hydrogen (secondary N) is 1. The van der Waals surface area contributed by atoms with Gasteiger partial charge in [0.25, 0.3) is 11.8 Å². The van der Waals surface area contributed by atoms with E-state index in [1.165, 1.54) is 12.1 Å². The van der Waals surface area contributed by atoms with E-state index in [1.54, 1.807) is 24.3 Å². The first-order chi connectivity index (χ1) is 10.9. The van der Waals surface area contributed by atoms with Gasteiger partial charge in [0.1, 0.15) is 6.10 Å². The van der Waals surface area contributed by atoms with Crippen LogP contribution >= 0.6 is 11.6 Å². The highest BCUT2D eigenvalue weighted by Gasteiger charge is 2.24. The molecular weight excluding hydrogens is 324 g/mol. The van der Waals surface area contributed by atoms with Gasteiger partial charge in [0.05, 0.1) is 12.6 Å². The van der Waals surface area contributed by atoms with Crippen LogP contribution in [-0.4, -0.2) is 34.7 Å². The molecule has 0 fully saturated rings. The lowest BCUT2D eigenvalue weighted by molar-refractivity contribution is 0.0682. The van der Waals surface area contributed by atoms with Gasteiger partial charge >= 0.3 is 0 Å². The Bertz CT molecular complexity index is 698. The number of hydrogen-bond donors (Lipinski definition) is 4. The van der Waals surface area contributed by atoms with E-state index in [2.05, 4.69) is 5.32 Å². The number of amides is 2. The summed E-state index contributed by atoms with van der Waals surface area (Å²) in [5.74, 6) is -1.80. The molecule has 0 saturated carbocycles. The summed E-state index contributed by atoms with van der Waals surface area (Å²) in [7, 11) is 0. The highest BCUT2D eigenvalue weighted by Crippen LogP contribution is 2.20. The standard InChI is InChI=1S/C15H15ClN2O5/c16-9-3-1-8(2-4-9)13(20)10(7-19)18-15(22)12-6-5-11(23-12)14(17)21/h1-6,10,13,19-20H,7H2,(H2,17,21)(H,18,22). The van der Waals surface area contributed by atoms with Gasteiger partial charge in [0, 0.05) is 5.02 Å². The molecule has 0 aliphatic carbocycles. The van der Waals surface area contributed by atoms with E-state index >= 15 is 0 Å². The fourth-order valence-electron chi connectivity index (χ4n) is 1.95. The first-order valence-electron chi connectivity index (χ1n) is 6.67. The minimum absolute atomic E-state index is 0.152. The normalized spacial score (nSPS) is 13.3. The lowest BCUT2D eigenvalue weighted by Gasteiger charge is -2.22. The molecule has 2 rings (SSSR count). The summed E-state index contributed by atoms with van der Waals surface area (Å²) >= 11 is 5.77. The van der Waals surface area contributed by atoms with Crippen molar-refractivity contribution in [3.8, 4) is 0 Å². The Labute approximate surface area is 136 Å². The molecule has 23 heavy (non-hydrogen) atoms. The molecule has 0 spiro atoms. The summed E-state index contributed by atoms with van der Waals surface area (Å²) in [5.41, 5.74) is 5.51. The van der Waals surface area contributed by atoms with Gasteiger partial charge in [0.15, 0.2) is 11.5 Å². The third kappa shape index (κ3) is 4.10. The van der Waals surface area contributed by atoms with Gasteiger partial charge in [-0.15, -0.1) is 0 Å². The summed E-state index contributed by atoms with van der Waals surface area (Å²) in [5, 5.41) is 22.6. The van der Waals surface area contributed by atoms with Gasteiger partial charge in [-0.05, 0) is 29.8 Å². The zero-order valence-corrected chi connectivity index (χ0v) is 12.7. The van der Waals surface area contributed by atoms with Crippen LogP contribution in [0.15, 0.2) is 40.8 Å². The number of primary amides is 1. The predicted molar refractivity (Wildman–Crippen MR) is 82.0 cm³/mol. The van der Waals surface area contributed by atoms with Crippen molar-refractivity contribution in [2.24, 2.45) is 5.73 Å². The van der Waals surface area contributed by atoms with Crippen LogP contribution in [0.2, 0.25) is 5.02 Å². The largest absolute Gasteiger partial charge is 0.446 e. The van der Waals surface area contributed by atoms with E-state index in [0.29, 0.717) is 10.6 Å². The highest BCUT2D eigenvalue weighted by atomic mass is 35.5. The SMILES string of the molecule is NC(=O)c1ccc(C(=O)NC(CO)C(O)c2ccc(Cl)cc2)o1. The molecule has 2 amide bonds. The molecule has 1 aromatic carbocycles. The van der Waals surface area contributed by atoms with Crippen LogP contribution in [0.25, 0.3) is 0 Å². The Morgan fingerprint density at radius 1 is 1.17 bits per heavy atom. The van der Waals surface area contributed by atoms with Gasteiger partial charge < -0.3 is 25.7 Å². The smallest absolute Gasteiger partial charge is 0.287 e. The molecule has 0 saturated heterocycles. The summed E-state index contributed by atoms with van der Waals surface area (Å²) in [6.07, 6.45) is -1.15. The molecule has 0 aliphatic rings. The fraction of sp³-hybridized carbons (Fsp3) is 0.200. The number of carbonyl (C=O) groups is 2. The number of hydrogen-bond acceptors (Lipinski definition) is 5. The highest BCUT2D eigenvalue weighted by molar-refractivity contribution is 6.30. The zero-order chi connectivity index (χ0) is 17.0. The Morgan fingerprint density at radius 2 is 1.78 bits per heavy atom. The van der Waals surface area contributed by atoms with E-state index in [0.717, 1.165) is 0 Å².